The summed E-state index contributed by atoms with van der Waals surface area (Å²) in [5.74, 6) is 0.909. The summed E-state index contributed by atoms with van der Waals surface area (Å²) < 4.78 is 0. The Morgan fingerprint density at radius 1 is 0.319 bits per heavy atom. The third kappa shape index (κ3) is 7.01. The summed E-state index contributed by atoms with van der Waals surface area (Å²) >= 11 is 0. The largest absolute Gasteiger partial charge is 0.310 e. The van der Waals surface area contributed by atoms with E-state index in [1.54, 1.807) is 0 Å². The van der Waals surface area contributed by atoms with E-state index in [0.29, 0.717) is 11.8 Å². The van der Waals surface area contributed by atoms with E-state index >= 15 is 0 Å². The molecule has 0 saturated carbocycles. The molecule has 0 saturated heterocycles. The molecule has 1 aliphatic rings. The van der Waals surface area contributed by atoms with Crippen molar-refractivity contribution in [2.24, 2.45) is 0 Å². The van der Waals surface area contributed by atoms with Gasteiger partial charge in [-0.05, 0) is 174 Å². The van der Waals surface area contributed by atoms with Gasteiger partial charge in [0, 0.05) is 34.1 Å². The first-order chi connectivity index (χ1) is 33.9. The lowest BCUT2D eigenvalue weighted by molar-refractivity contribution is 0.777. The van der Waals surface area contributed by atoms with Crippen molar-refractivity contribution in [3.63, 3.8) is 0 Å². The van der Waals surface area contributed by atoms with Gasteiger partial charge in [0.05, 0.1) is 5.41 Å². The van der Waals surface area contributed by atoms with Gasteiger partial charge >= 0.3 is 0 Å². The Hall–Kier alpha value is -8.20. The molecule has 0 radical (unpaired) electrons. The maximum atomic E-state index is 2.52. The molecule has 0 aliphatic heterocycles. The van der Waals surface area contributed by atoms with Gasteiger partial charge < -0.3 is 9.80 Å². The second-order valence-electron chi connectivity index (χ2n) is 19.3. The predicted octanol–water partition coefficient (Wildman–Crippen LogP) is 18.7. The van der Waals surface area contributed by atoms with Crippen LogP contribution in [0.1, 0.15) is 72.9 Å². The summed E-state index contributed by atoms with van der Waals surface area (Å²) in [5, 5.41) is 7.41. The minimum atomic E-state index is -0.640. The minimum Gasteiger partial charge on any atom is -0.310 e. The minimum absolute atomic E-state index is 0.452. The first kappa shape index (κ1) is 42.2. The van der Waals surface area contributed by atoms with Crippen LogP contribution in [0.25, 0.3) is 43.4 Å². The third-order valence-corrected chi connectivity index (χ3v) is 14.6. The van der Waals surface area contributed by atoms with Crippen LogP contribution >= 0.6 is 0 Å². The Bertz CT molecular complexity index is 3600. The molecule has 1 aliphatic carbocycles. The number of rotatable bonds is 10. The Balaban J connectivity index is 1.14. The number of nitrogens with zero attached hydrogens (tertiary/aromatic N) is 2. The van der Waals surface area contributed by atoms with E-state index in [2.05, 4.69) is 280 Å². The van der Waals surface area contributed by atoms with Crippen LogP contribution in [0.4, 0.5) is 34.1 Å². The van der Waals surface area contributed by atoms with Crippen molar-refractivity contribution in [3.05, 3.63) is 276 Å². The lowest BCUT2D eigenvalue weighted by Gasteiger charge is -2.35. The van der Waals surface area contributed by atoms with Crippen molar-refractivity contribution in [2.75, 3.05) is 9.80 Å². The topological polar surface area (TPSA) is 6.48 Å². The summed E-state index contributed by atoms with van der Waals surface area (Å²) in [5.41, 5.74) is 16.5. The monoisotopic (exact) mass is 886 g/mol. The van der Waals surface area contributed by atoms with Crippen molar-refractivity contribution >= 4 is 66.4 Å². The zero-order valence-corrected chi connectivity index (χ0v) is 39.6. The van der Waals surface area contributed by atoms with Crippen LogP contribution in [0.2, 0.25) is 0 Å². The SMILES string of the molecule is CC(C)c1ccc(N(c2ccccc2)c2ccc3cc4c(cc3c2)C(c2ccccc2)(c2ccccc2)c2c-4c3ccccc3c3cc(N(c4ccccc4)c4ccc(C(C)C)cc4)ccc23)cc1. The fraction of sp³-hybridized carbons (Fsp3) is 0.104. The molecule has 0 aromatic heterocycles. The fourth-order valence-corrected chi connectivity index (χ4v) is 11.3. The number of hydrogen-bond acceptors (Lipinski definition) is 2. The predicted molar refractivity (Wildman–Crippen MR) is 294 cm³/mol. The van der Waals surface area contributed by atoms with Gasteiger partial charge in [-0.3, -0.25) is 0 Å². The van der Waals surface area contributed by atoms with Gasteiger partial charge in [0.2, 0.25) is 0 Å². The zero-order valence-electron chi connectivity index (χ0n) is 39.6. The molecule has 69 heavy (non-hydrogen) atoms. The van der Waals surface area contributed by atoms with Gasteiger partial charge in [-0.2, -0.15) is 0 Å². The van der Waals surface area contributed by atoms with Gasteiger partial charge in [-0.1, -0.05) is 185 Å². The molecule has 2 heteroatoms. The van der Waals surface area contributed by atoms with Gasteiger partial charge in [0.25, 0.3) is 0 Å². The van der Waals surface area contributed by atoms with E-state index < -0.39 is 5.41 Å². The molecule has 0 atom stereocenters. The van der Waals surface area contributed by atoms with Crippen LogP contribution in [-0.4, -0.2) is 0 Å². The molecule has 0 bridgehead atoms. The molecule has 0 amide bonds. The third-order valence-electron chi connectivity index (χ3n) is 14.6. The number of benzene rings is 11. The van der Waals surface area contributed by atoms with Gasteiger partial charge in [-0.15, -0.1) is 0 Å². The van der Waals surface area contributed by atoms with Crippen LogP contribution in [0.3, 0.4) is 0 Å². The molecular formula is C67H54N2. The Morgan fingerprint density at radius 3 is 1.28 bits per heavy atom. The van der Waals surface area contributed by atoms with Crippen LogP contribution in [0.5, 0.6) is 0 Å². The van der Waals surface area contributed by atoms with E-state index in [1.807, 2.05) is 0 Å². The number of anilines is 6. The van der Waals surface area contributed by atoms with E-state index in [9.17, 15) is 0 Å². The number of para-hydroxylation sites is 2. The molecule has 12 rings (SSSR count). The average molecular weight is 887 g/mol. The quantitative estimate of drug-likeness (QED) is 0.126. The smallest absolute Gasteiger partial charge is 0.0720 e. The van der Waals surface area contributed by atoms with E-state index in [0.717, 1.165) is 34.1 Å². The molecular weight excluding hydrogens is 833 g/mol. The molecule has 332 valence electrons. The highest BCUT2D eigenvalue weighted by molar-refractivity contribution is 6.20. The second-order valence-corrected chi connectivity index (χ2v) is 19.3. The highest BCUT2D eigenvalue weighted by atomic mass is 15.1. The summed E-state index contributed by atoms with van der Waals surface area (Å²) in [6.07, 6.45) is 0. The standard InChI is InChI=1S/C67H54N2/c1-45(2)47-29-34-55(35-30-47)68(53-23-13-7-14-24-53)57-38-33-49-42-63-64(43-50(49)41-57)67(51-19-9-5-10-20-51,52-21-11-6-12-22-52)66-61-40-39-58(44-62(61)59-27-17-18-28-60(59)65(63)66)69(54-25-15-8-16-26-54)56-36-31-48(32-37-56)46(3)4/h5-46H,1-4H3. The first-order valence-electron chi connectivity index (χ1n) is 24.5. The van der Waals surface area contributed by atoms with Gasteiger partial charge in [-0.25, -0.2) is 0 Å². The van der Waals surface area contributed by atoms with Crippen LogP contribution in [0.15, 0.2) is 243 Å². The van der Waals surface area contributed by atoms with Gasteiger partial charge in [0.15, 0.2) is 0 Å². The summed E-state index contributed by atoms with van der Waals surface area (Å²) in [4.78, 5) is 4.80. The fourth-order valence-electron chi connectivity index (χ4n) is 11.3. The molecule has 0 N–H and O–H groups in total. The molecule has 11 aromatic rings. The Labute approximate surface area is 406 Å². The normalized spacial score (nSPS) is 12.7. The van der Waals surface area contributed by atoms with Crippen molar-refractivity contribution < 1.29 is 0 Å². The molecule has 0 heterocycles. The second kappa shape index (κ2) is 17.1. The molecule has 0 spiro atoms. The highest BCUT2D eigenvalue weighted by Crippen LogP contribution is 2.61. The van der Waals surface area contributed by atoms with E-state index in [4.69, 9.17) is 0 Å². The molecule has 2 nitrogen and oxygen atoms in total. The Kier molecular flexibility index (Phi) is 10.5. The first-order valence-corrected chi connectivity index (χ1v) is 24.5. The maximum Gasteiger partial charge on any atom is 0.0720 e. The Morgan fingerprint density at radius 2 is 0.754 bits per heavy atom. The summed E-state index contributed by atoms with van der Waals surface area (Å²) in [7, 11) is 0. The van der Waals surface area contributed by atoms with Crippen molar-refractivity contribution in [3.8, 4) is 11.1 Å². The lowest BCUT2D eigenvalue weighted by atomic mass is 9.66. The lowest BCUT2D eigenvalue weighted by Crippen LogP contribution is -2.29. The number of hydrogen-bond donors (Lipinski definition) is 0. The maximum absolute atomic E-state index is 2.52. The van der Waals surface area contributed by atoms with Crippen LogP contribution < -0.4 is 9.80 Å². The highest BCUT2D eigenvalue weighted by Gasteiger charge is 2.48. The van der Waals surface area contributed by atoms with Gasteiger partial charge in [0.1, 0.15) is 0 Å². The van der Waals surface area contributed by atoms with E-state index in [1.165, 1.54) is 76.8 Å². The molecule has 0 unspecified atom stereocenters. The number of fused-ring (bicyclic) bond motifs is 9. The van der Waals surface area contributed by atoms with Crippen LogP contribution in [-0.2, 0) is 5.41 Å². The van der Waals surface area contributed by atoms with Crippen molar-refractivity contribution in [2.45, 2.75) is 44.9 Å². The van der Waals surface area contributed by atoms with Crippen LogP contribution in [0, 0.1) is 0 Å². The molecule has 11 aromatic carbocycles. The summed E-state index contributed by atoms with van der Waals surface area (Å²) in [6.45, 7) is 9.02. The average Bonchev–Trinajstić information content (AvgIpc) is 3.70. The zero-order chi connectivity index (χ0) is 46.6. The van der Waals surface area contributed by atoms with E-state index in [-0.39, 0.29) is 0 Å². The van der Waals surface area contributed by atoms with Crippen molar-refractivity contribution in [1.29, 1.82) is 0 Å². The molecule has 0 fully saturated rings. The van der Waals surface area contributed by atoms with Crippen molar-refractivity contribution in [1.82, 2.24) is 0 Å². The summed E-state index contributed by atoms with van der Waals surface area (Å²) in [6, 6.07) is 90.6.